The fraction of sp³-hybridized carbons (Fsp3) is 0.182. The molecule has 1 aromatic carbocycles. The summed E-state index contributed by atoms with van der Waals surface area (Å²) in [5, 5.41) is 8.22. The van der Waals surface area contributed by atoms with Crippen LogP contribution in [0.1, 0.15) is 32.7 Å². The van der Waals surface area contributed by atoms with Gasteiger partial charge in [-0.05, 0) is 57.0 Å². The van der Waals surface area contributed by atoms with Crippen molar-refractivity contribution in [1.82, 2.24) is 19.7 Å². The highest BCUT2D eigenvalue weighted by Gasteiger charge is 2.19. The van der Waals surface area contributed by atoms with Crippen LogP contribution in [0.4, 0.5) is 5.69 Å². The van der Waals surface area contributed by atoms with E-state index < -0.39 is 0 Å². The smallest absolute Gasteiger partial charge is 0.256 e. The SMILES string of the molecule is Cc1ccc(-n2ncc3c(C(=O)Nc4c(C)ccnc4C)c(C)cnc32)cc1. The van der Waals surface area contributed by atoms with Crippen LogP contribution in [0.25, 0.3) is 16.7 Å². The molecule has 0 atom stereocenters. The molecular weight excluding hydrogens is 350 g/mol. The fourth-order valence-corrected chi connectivity index (χ4v) is 3.31. The van der Waals surface area contributed by atoms with Crippen molar-refractivity contribution in [2.75, 3.05) is 5.32 Å². The minimum Gasteiger partial charge on any atom is -0.320 e. The normalized spacial score (nSPS) is 11.0. The first kappa shape index (κ1) is 17.9. The molecule has 1 N–H and O–H groups in total. The number of hydrogen-bond acceptors (Lipinski definition) is 4. The Morgan fingerprint density at radius 3 is 2.39 bits per heavy atom. The topological polar surface area (TPSA) is 72.7 Å². The highest BCUT2D eigenvalue weighted by Crippen LogP contribution is 2.25. The second kappa shape index (κ2) is 6.88. The number of nitrogens with zero attached hydrogens (tertiary/aromatic N) is 4. The van der Waals surface area contributed by atoms with E-state index in [1.165, 1.54) is 5.56 Å². The van der Waals surface area contributed by atoms with Gasteiger partial charge in [0.2, 0.25) is 0 Å². The van der Waals surface area contributed by atoms with Crippen LogP contribution in [-0.4, -0.2) is 25.7 Å². The predicted octanol–water partition coefficient (Wildman–Crippen LogP) is 4.30. The summed E-state index contributed by atoms with van der Waals surface area (Å²) < 4.78 is 1.76. The summed E-state index contributed by atoms with van der Waals surface area (Å²) in [6, 6.07) is 9.92. The highest BCUT2D eigenvalue weighted by atomic mass is 16.1. The first-order chi connectivity index (χ1) is 13.5. The lowest BCUT2D eigenvalue weighted by Crippen LogP contribution is -2.16. The number of carbonyl (C=O) groups excluding carboxylic acids is 1. The van der Waals surface area contributed by atoms with Crippen LogP contribution in [0.15, 0.2) is 48.9 Å². The molecule has 6 heteroatoms. The molecule has 0 aliphatic carbocycles. The zero-order chi connectivity index (χ0) is 19.8. The van der Waals surface area contributed by atoms with E-state index in [-0.39, 0.29) is 5.91 Å². The van der Waals surface area contributed by atoms with Gasteiger partial charge in [0, 0.05) is 12.4 Å². The summed E-state index contributed by atoms with van der Waals surface area (Å²) in [5.41, 5.74) is 6.60. The van der Waals surface area contributed by atoms with E-state index >= 15 is 0 Å². The van der Waals surface area contributed by atoms with Gasteiger partial charge in [0.1, 0.15) is 0 Å². The standard InChI is InChI=1S/C22H21N5O/c1-13-5-7-17(8-6-13)27-21-18(12-25-27)19(15(3)11-24-21)22(28)26-20-14(2)9-10-23-16(20)4/h5-12H,1-4H3,(H,26,28). The van der Waals surface area contributed by atoms with Crippen molar-refractivity contribution in [1.29, 1.82) is 0 Å². The molecule has 0 aliphatic rings. The van der Waals surface area contributed by atoms with Crippen molar-refractivity contribution in [2.24, 2.45) is 0 Å². The van der Waals surface area contributed by atoms with Gasteiger partial charge in [-0.15, -0.1) is 0 Å². The number of amides is 1. The van der Waals surface area contributed by atoms with Gasteiger partial charge in [-0.2, -0.15) is 5.10 Å². The monoisotopic (exact) mass is 371 g/mol. The molecule has 0 saturated carbocycles. The Morgan fingerprint density at radius 1 is 0.929 bits per heavy atom. The summed E-state index contributed by atoms with van der Waals surface area (Å²) in [6.07, 6.45) is 5.15. The van der Waals surface area contributed by atoms with E-state index in [1.807, 2.05) is 58.0 Å². The van der Waals surface area contributed by atoms with E-state index in [0.717, 1.165) is 33.6 Å². The van der Waals surface area contributed by atoms with Gasteiger partial charge < -0.3 is 5.32 Å². The highest BCUT2D eigenvalue weighted by molar-refractivity contribution is 6.13. The number of benzene rings is 1. The average Bonchev–Trinajstić information content (AvgIpc) is 3.09. The number of carbonyl (C=O) groups is 1. The van der Waals surface area contributed by atoms with Gasteiger partial charge in [0.25, 0.3) is 5.91 Å². The lowest BCUT2D eigenvalue weighted by atomic mass is 10.1. The molecular formula is C22H21N5O. The number of hydrogen-bond donors (Lipinski definition) is 1. The summed E-state index contributed by atoms with van der Waals surface area (Å²) in [4.78, 5) is 22.0. The van der Waals surface area contributed by atoms with E-state index in [1.54, 1.807) is 23.3 Å². The summed E-state index contributed by atoms with van der Waals surface area (Å²) in [6.45, 7) is 7.76. The van der Waals surface area contributed by atoms with Gasteiger partial charge in [0.05, 0.1) is 34.2 Å². The molecule has 6 nitrogen and oxygen atoms in total. The Balaban J connectivity index is 1.80. The zero-order valence-electron chi connectivity index (χ0n) is 16.3. The number of aryl methyl sites for hydroxylation is 4. The molecule has 0 fully saturated rings. The van der Waals surface area contributed by atoms with Crippen molar-refractivity contribution in [3.05, 3.63) is 76.9 Å². The lowest BCUT2D eigenvalue weighted by molar-refractivity contribution is 0.102. The second-order valence-corrected chi connectivity index (χ2v) is 6.99. The molecule has 4 aromatic rings. The molecule has 4 rings (SSSR count). The number of nitrogens with one attached hydrogen (secondary N) is 1. The maximum atomic E-state index is 13.1. The van der Waals surface area contributed by atoms with Crippen LogP contribution in [0, 0.1) is 27.7 Å². The second-order valence-electron chi connectivity index (χ2n) is 6.99. The van der Waals surface area contributed by atoms with Crippen LogP contribution in [0.2, 0.25) is 0 Å². The number of rotatable bonds is 3. The quantitative estimate of drug-likeness (QED) is 0.583. The van der Waals surface area contributed by atoms with Crippen molar-refractivity contribution in [2.45, 2.75) is 27.7 Å². The van der Waals surface area contributed by atoms with Gasteiger partial charge >= 0.3 is 0 Å². The Morgan fingerprint density at radius 2 is 1.68 bits per heavy atom. The van der Waals surface area contributed by atoms with E-state index in [4.69, 9.17) is 0 Å². The third-order valence-corrected chi connectivity index (χ3v) is 4.88. The van der Waals surface area contributed by atoms with Gasteiger partial charge in [0.15, 0.2) is 5.65 Å². The Hall–Kier alpha value is -3.54. The molecule has 0 radical (unpaired) electrons. The Labute approximate surface area is 163 Å². The zero-order valence-corrected chi connectivity index (χ0v) is 16.3. The van der Waals surface area contributed by atoms with Crippen LogP contribution < -0.4 is 5.32 Å². The van der Waals surface area contributed by atoms with E-state index in [2.05, 4.69) is 20.4 Å². The minimum absolute atomic E-state index is 0.187. The van der Waals surface area contributed by atoms with Crippen molar-refractivity contribution in [3.63, 3.8) is 0 Å². The summed E-state index contributed by atoms with van der Waals surface area (Å²) in [7, 11) is 0. The molecule has 1 amide bonds. The third-order valence-electron chi connectivity index (χ3n) is 4.88. The van der Waals surface area contributed by atoms with E-state index in [9.17, 15) is 4.79 Å². The fourth-order valence-electron chi connectivity index (χ4n) is 3.31. The van der Waals surface area contributed by atoms with Crippen molar-refractivity contribution < 1.29 is 4.79 Å². The molecule has 3 heterocycles. The van der Waals surface area contributed by atoms with Gasteiger partial charge in [-0.3, -0.25) is 9.78 Å². The molecule has 0 aliphatic heterocycles. The van der Waals surface area contributed by atoms with Gasteiger partial charge in [-0.1, -0.05) is 17.7 Å². The van der Waals surface area contributed by atoms with E-state index in [0.29, 0.717) is 11.2 Å². The Bertz CT molecular complexity index is 1170. The van der Waals surface area contributed by atoms with Crippen molar-refractivity contribution >= 4 is 22.6 Å². The Kier molecular flexibility index (Phi) is 4.39. The number of aromatic nitrogens is 4. The molecule has 0 spiro atoms. The number of pyridine rings is 2. The molecule has 0 unspecified atom stereocenters. The van der Waals surface area contributed by atoms with Crippen LogP contribution in [-0.2, 0) is 0 Å². The first-order valence-corrected chi connectivity index (χ1v) is 9.09. The largest absolute Gasteiger partial charge is 0.320 e. The molecule has 0 bridgehead atoms. The van der Waals surface area contributed by atoms with Gasteiger partial charge in [-0.25, -0.2) is 9.67 Å². The summed E-state index contributed by atoms with van der Waals surface area (Å²) >= 11 is 0. The number of fused-ring (bicyclic) bond motifs is 1. The molecule has 140 valence electrons. The molecule has 28 heavy (non-hydrogen) atoms. The molecule has 0 saturated heterocycles. The number of anilines is 1. The third kappa shape index (κ3) is 3.03. The maximum absolute atomic E-state index is 13.1. The lowest BCUT2D eigenvalue weighted by Gasteiger charge is -2.12. The van der Waals surface area contributed by atoms with Crippen LogP contribution in [0.5, 0.6) is 0 Å². The minimum atomic E-state index is -0.187. The molecule has 3 aromatic heterocycles. The maximum Gasteiger partial charge on any atom is 0.256 e. The van der Waals surface area contributed by atoms with Crippen LogP contribution >= 0.6 is 0 Å². The van der Waals surface area contributed by atoms with Crippen LogP contribution in [0.3, 0.4) is 0 Å². The average molecular weight is 371 g/mol. The predicted molar refractivity (Wildman–Crippen MR) is 110 cm³/mol. The summed E-state index contributed by atoms with van der Waals surface area (Å²) in [5.74, 6) is -0.187. The first-order valence-electron chi connectivity index (χ1n) is 9.09. The van der Waals surface area contributed by atoms with Crippen molar-refractivity contribution in [3.8, 4) is 5.69 Å².